The molecule has 0 aliphatic carbocycles. The Balaban J connectivity index is 2.25. The van der Waals surface area contributed by atoms with Crippen LogP contribution < -0.4 is 0 Å². The third-order valence-corrected chi connectivity index (χ3v) is 2.62. The Morgan fingerprint density at radius 2 is 1.79 bits per heavy atom. The third kappa shape index (κ3) is 4.37. The predicted octanol–water partition coefficient (Wildman–Crippen LogP) is -0.633. The molecule has 0 radical (unpaired) electrons. The molecule has 1 heterocycles. The van der Waals surface area contributed by atoms with Crippen molar-refractivity contribution in [3.05, 3.63) is 0 Å². The van der Waals surface area contributed by atoms with Crippen molar-refractivity contribution in [2.45, 2.75) is 19.4 Å². The minimum Gasteiger partial charge on any atom is -0.395 e. The minimum atomic E-state index is -0.237. The van der Waals surface area contributed by atoms with E-state index in [4.69, 9.17) is 5.11 Å². The van der Waals surface area contributed by atoms with Gasteiger partial charge in [0.25, 0.3) is 0 Å². The van der Waals surface area contributed by atoms with E-state index in [0.717, 1.165) is 45.7 Å². The lowest BCUT2D eigenvalue weighted by molar-refractivity contribution is 0.127. The fourth-order valence-electron chi connectivity index (χ4n) is 1.95. The largest absolute Gasteiger partial charge is 0.395 e. The van der Waals surface area contributed by atoms with Crippen molar-refractivity contribution in [1.29, 1.82) is 0 Å². The van der Waals surface area contributed by atoms with Crippen LogP contribution in [0.3, 0.4) is 0 Å². The Hall–Kier alpha value is -0.160. The fourth-order valence-corrected chi connectivity index (χ4v) is 1.95. The molecule has 1 fully saturated rings. The Labute approximate surface area is 86.1 Å². The first-order valence-corrected chi connectivity index (χ1v) is 5.46. The molecule has 84 valence electrons. The molecule has 1 unspecified atom stereocenters. The van der Waals surface area contributed by atoms with Gasteiger partial charge in [0.05, 0.1) is 12.7 Å². The molecule has 0 saturated carbocycles. The minimum absolute atomic E-state index is 0.237. The maximum Gasteiger partial charge on any atom is 0.0639 e. The van der Waals surface area contributed by atoms with Crippen LogP contribution >= 0.6 is 0 Å². The lowest BCUT2D eigenvalue weighted by Crippen LogP contribution is -2.35. The second-order valence-electron chi connectivity index (χ2n) is 4.07. The van der Waals surface area contributed by atoms with E-state index >= 15 is 0 Å². The quantitative estimate of drug-likeness (QED) is 0.637. The first-order valence-electron chi connectivity index (χ1n) is 5.46. The molecule has 0 amide bonds. The van der Waals surface area contributed by atoms with Gasteiger partial charge in [0.1, 0.15) is 0 Å². The first-order chi connectivity index (χ1) is 6.72. The summed E-state index contributed by atoms with van der Waals surface area (Å²) < 4.78 is 0. The summed E-state index contributed by atoms with van der Waals surface area (Å²) in [4.78, 5) is 4.57. The van der Waals surface area contributed by atoms with Gasteiger partial charge in [-0.15, -0.1) is 0 Å². The second kappa shape index (κ2) is 6.35. The zero-order valence-electron chi connectivity index (χ0n) is 9.02. The molecule has 2 N–H and O–H groups in total. The van der Waals surface area contributed by atoms with E-state index in [1.54, 1.807) is 0 Å². The zero-order chi connectivity index (χ0) is 10.4. The van der Waals surface area contributed by atoms with Gasteiger partial charge in [-0.05, 0) is 26.4 Å². The summed E-state index contributed by atoms with van der Waals surface area (Å²) >= 11 is 0. The summed E-state index contributed by atoms with van der Waals surface area (Å²) in [7, 11) is 0. The van der Waals surface area contributed by atoms with Crippen LogP contribution in [0.1, 0.15) is 13.3 Å². The van der Waals surface area contributed by atoms with Crippen LogP contribution in [0.2, 0.25) is 0 Å². The summed E-state index contributed by atoms with van der Waals surface area (Å²) in [5.74, 6) is 0. The molecule has 0 bridgehead atoms. The molecule has 0 aromatic heterocycles. The lowest BCUT2D eigenvalue weighted by atomic mass is 10.3. The van der Waals surface area contributed by atoms with Crippen molar-refractivity contribution in [2.24, 2.45) is 0 Å². The van der Waals surface area contributed by atoms with E-state index in [-0.39, 0.29) is 12.7 Å². The van der Waals surface area contributed by atoms with Gasteiger partial charge >= 0.3 is 0 Å². The highest BCUT2D eigenvalue weighted by Gasteiger charge is 2.14. The van der Waals surface area contributed by atoms with Gasteiger partial charge in [0.15, 0.2) is 0 Å². The highest BCUT2D eigenvalue weighted by molar-refractivity contribution is 4.70. The van der Waals surface area contributed by atoms with E-state index in [1.807, 2.05) is 6.92 Å². The van der Waals surface area contributed by atoms with Crippen molar-refractivity contribution in [3.8, 4) is 0 Å². The topological polar surface area (TPSA) is 46.9 Å². The molecule has 14 heavy (non-hydrogen) atoms. The van der Waals surface area contributed by atoms with Crippen LogP contribution in [-0.4, -0.2) is 72.0 Å². The summed E-state index contributed by atoms with van der Waals surface area (Å²) in [5, 5.41) is 18.1. The van der Waals surface area contributed by atoms with Crippen LogP contribution in [0.4, 0.5) is 0 Å². The van der Waals surface area contributed by atoms with E-state index in [9.17, 15) is 5.11 Å². The highest BCUT2D eigenvalue weighted by Crippen LogP contribution is 2.03. The molecule has 4 heteroatoms. The maximum atomic E-state index is 9.27. The van der Waals surface area contributed by atoms with E-state index in [2.05, 4.69) is 9.80 Å². The number of aliphatic hydroxyl groups is 2. The number of hydrogen-bond acceptors (Lipinski definition) is 4. The van der Waals surface area contributed by atoms with Crippen LogP contribution in [-0.2, 0) is 0 Å². The van der Waals surface area contributed by atoms with Crippen molar-refractivity contribution >= 4 is 0 Å². The summed E-state index contributed by atoms with van der Waals surface area (Å²) in [6, 6.07) is 0. The Morgan fingerprint density at radius 3 is 2.43 bits per heavy atom. The molecule has 0 spiro atoms. The average Bonchev–Trinajstić information content (AvgIpc) is 2.31. The Morgan fingerprint density at radius 1 is 1.14 bits per heavy atom. The predicted molar refractivity (Wildman–Crippen MR) is 56.3 cm³/mol. The maximum absolute atomic E-state index is 9.27. The van der Waals surface area contributed by atoms with Gasteiger partial charge in [-0.25, -0.2) is 0 Å². The van der Waals surface area contributed by atoms with Crippen LogP contribution in [0.5, 0.6) is 0 Å². The molecule has 4 nitrogen and oxygen atoms in total. The van der Waals surface area contributed by atoms with E-state index in [0.29, 0.717) is 0 Å². The molecule has 0 aromatic carbocycles. The standard InChI is InChI=1S/C10H22N2O2/c1-10(14)9-12-4-2-3-11(5-6-12)7-8-13/h10,13-14H,2-9H2,1H3. The number of hydrogen-bond donors (Lipinski definition) is 2. The molecular formula is C10H22N2O2. The number of nitrogens with zero attached hydrogens (tertiary/aromatic N) is 2. The van der Waals surface area contributed by atoms with Crippen molar-refractivity contribution in [2.75, 3.05) is 45.9 Å². The highest BCUT2D eigenvalue weighted by atomic mass is 16.3. The van der Waals surface area contributed by atoms with Gasteiger partial charge in [0, 0.05) is 26.2 Å². The number of aliphatic hydroxyl groups excluding tert-OH is 2. The lowest BCUT2D eigenvalue weighted by Gasteiger charge is -2.22. The fraction of sp³-hybridized carbons (Fsp3) is 1.00. The smallest absolute Gasteiger partial charge is 0.0639 e. The van der Waals surface area contributed by atoms with Gasteiger partial charge in [-0.2, -0.15) is 0 Å². The molecule has 1 aliphatic rings. The normalized spacial score (nSPS) is 23.4. The molecular weight excluding hydrogens is 180 g/mol. The van der Waals surface area contributed by atoms with Gasteiger partial charge < -0.3 is 10.2 Å². The Kier molecular flexibility index (Phi) is 5.40. The third-order valence-electron chi connectivity index (χ3n) is 2.62. The number of β-amino-alcohol motifs (C(OH)–C–C–N with tert-alkyl or cyclic N) is 2. The zero-order valence-corrected chi connectivity index (χ0v) is 9.02. The number of rotatable bonds is 4. The summed E-state index contributed by atoms with van der Waals surface area (Å²) in [6.45, 7) is 7.77. The van der Waals surface area contributed by atoms with E-state index < -0.39 is 0 Å². The van der Waals surface area contributed by atoms with Crippen molar-refractivity contribution in [1.82, 2.24) is 9.80 Å². The van der Waals surface area contributed by atoms with Gasteiger partial charge in [-0.1, -0.05) is 0 Å². The molecule has 1 rings (SSSR count). The van der Waals surface area contributed by atoms with E-state index in [1.165, 1.54) is 0 Å². The van der Waals surface area contributed by atoms with Crippen LogP contribution in [0, 0.1) is 0 Å². The monoisotopic (exact) mass is 202 g/mol. The molecule has 1 saturated heterocycles. The van der Waals surface area contributed by atoms with Gasteiger partial charge in [-0.3, -0.25) is 9.80 Å². The second-order valence-corrected chi connectivity index (χ2v) is 4.07. The van der Waals surface area contributed by atoms with Crippen molar-refractivity contribution < 1.29 is 10.2 Å². The first kappa shape index (κ1) is 11.9. The Bertz CT molecular complexity index is 153. The van der Waals surface area contributed by atoms with Crippen LogP contribution in [0.25, 0.3) is 0 Å². The molecule has 1 atom stereocenters. The average molecular weight is 202 g/mol. The van der Waals surface area contributed by atoms with Gasteiger partial charge in [0.2, 0.25) is 0 Å². The SMILES string of the molecule is CC(O)CN1CCCN(CCO)CC1. The van der Waals surface area contributed by atoms with Crippen LogP contribution in [0.15, 0.2) is 0 Å². The summed E-state index contributed by atoms with van der Waals surface area (Å²) in [6.07, 6.45) is 0.895. The molecule has 1 aliphatic heterocycles. The molecule has 0 aromatic rings. The summed E-state index contributed by atoms with van der Waals surface area (Å²) in [5.41, 5.74) is 0. The van der Waals surface area contributed by atoms with Crippen molar-refractivity contribution in [3.63, 3.8) is 0 Å².